The van der Waals surface area contributed by atoms with E-state index < -0.39 is 5.97 Å². The van der Waals surface area contributed by atoms with Gasteiger partial charge in [0, 0.05) is 18.8 Å². The van der Waals surface area contributed by atoms with Crippen LogP contribution in [0, 0.1) is 5.92 Å². The van der Waals surface area contributed by atoms with Gasteiger partial charge in [-0.15, -0.1) is 11.8 Å². The van der Waals surface area contributed by atoms with Crippen LogP contribution in [0.2, 0.25) is 0 Å². The summed E-state index contributed by atoms with van der Waals surface area (Å²) in [7, 11) is 0. The minimum atomic E-state index is -0.882. The van der Waals surface area contributed by atoms with Gasteiger partial charge in [0.1, 0.15) is 0 Å². The van der Waals surface area contributed by atoms with Crippen LogP contribution in [0.4, 0.5) is 9.93 Å². The highest BCUT2D eigenvalue weighted by Crippen LogP contribution is 2.30. The SMILES string of the molecule is CC1CCC(N(CCOCc2ccccn2)C(=O)Nc2ncc(SCC(=O)O)s2)CC1. The van der Waals surface area contributed by atoms with Crippen LogP contribution in [0.5, 0.6) is 0 Å². The van der Waals surface area contributed by atoms with Gasteiger partial charge in [0.25, 0.3) is 0 Å². The van der Waals surface area contributed by atoms with Crippen molar-refractivity contribution >= 4 is 40.2 Å². The van der Waals surface area contributed by atoms with Gasteiger partial charge in [-0.05, 0) is 43.7 Å². The maximum absolute atomic E-state index is 13.0. The van der Waals surface area contributed by atoms with Crippen molar-refractivity contribution in [2.75, 3.05) is 24.2 Å². The minimum Gasteiger partial charge on any atom is -0.481 e. The predicted octanol–water partition coefficient (Wildman–Crippen LogP) is 4.34. The Morgan fingerprint density at radius 3 is 2.81 bits per heavy atom. The molecule has 1 aliphatic carbocycles. The highest BCUT2D eigenvalue weighted by molar-refractivity contribution is 8.01. The Hall–Kier alpha value is -2.17. The van der Waals surface area contributed by atoms with E-state index in [2.05, 4.69) is 22.2 Å². The number of pyridine rings is 1. The Morgan fingerprint density at radius 1 is 1.29 bits per heavy atom. The first-order valence-electron chi connectivity index (χ1n) is 10.4. The van der Waals surface area contributed by atoms with Crippen LogP contribution < -0.4 is 5.32 Å². The molecule has 0 aromatic carbocycles. The zero-order valence-electron chi connectivity index (χ0n) is 17.5. The molecule has 10 heteroatoms. The maximum Gasteiger partial charge on any atom is 0.323 e. The lowest BCUT2D eigenvalue weighted by atomic mass is 9.86. The van der Waals surface area contributed by atoms with E-state index in [9.17, 15) is 9.59 Å². The smallest absolute Gasteiger partial charge is 0.323 e. The van der Waals surface area contributed by atoms with Crippen LogP contribution >= 0.6 is 23.1 Å². The topological polar surface area (TPSA) is 105 Å². The van der Waals surface area contributed by atoms with Crippen LogP contribution in [0.15, 0.2) is 34.8 Å². The first kappa shape index (κ1) is 23.5. The predicted molar refractivity (Wildman–Crippen MR) is 122 cm³/mol. The molecule has 2 aromatic rings. The second-order valence-corrected chi connectivity index (χ2v) is 9.88. The van der Waals surface area contributed by atoms with E-state index in [1.54, 1.807) is 12.4 Å². The third kappa shape index (κ3) is 7.79. The fraction of sp³-hybridized carbons (Fsp3) is 0.524. The maximum atomic E-state index is 13.0. The number of amides is 2. The lowest BCUT2D eigenvalue weighted by Crippen LogP contribution is -2.46. The number of ether oxygens (including phenoxy) is 1. The van der Waals surface area contributed by atoms with Gasteiger partial charge in [0.2, 0.25) is 0 Å². The number of aliphatic carboxylic acids is 1. The van der Waals surface area contributed by atoms with E-state index in [-0.39, 0.29) is 17.8 Å². The standard InChI is InChI=1S/C21H28N4O4S2/c1-15-5-7-17(8-6-15)25(10-11-29-13-16-4-2-3-9-22-16)21(28)24-20-23-12-19(31-20)30-14-18(26)27/h2-4,9,12,15,17H,5-8,10-11,13-14H2,1H3,(H,26,27)(H,23,24,28). The van der Waals surface area contributed by atoms with Crippen molar-refractivity contribution in [3.63, 3.8) is 0 Å². The zero-order chi connectivity index (χ0) is 22.1. The number of carboxylic acids is 1. The van der Waals surface area contributed by atoms with Crippen molar-refractivity contribution < 1.29 is 19.4 Å². The summed E-state index contributed by atoms with van der Waals surface area (Å²) < 4.78 is 6.52. The molecule has 0 unspecified atom stereocenters. The molecule has 0 saturated heterocycles. The summed E-state index contributed by atoms with van der Waals surface area (Å²) in [4.78, 5) is 34.1. The average Bonchev–Trinajstić information content (AvgIpc) is 3.21. The third-order valence-electron chi connectivity index (χ3n) is 5.18. The average molecular weight is 465 g/mol. The molecule has 8 nitrogen and oxygen atoms in total. The summed E-state index contributed by atoms with van der Waals surface area (Å²) in [6, 6.07) is 5.69. The van der Waals surface area contributed by atoms with E-state index in [0.717, 1.165) is 35.6 Å². The minimum absolute atomic E-state index is 0.0322. The summed E-state index contributed by atoms with van der Waals surface area (Å²) >= 11 is 2.48. The highest BCUT2D eigenvalue weighted by atomic mass is 32.2. The molecule has 1 fully saturated rings. The van der Waals surface area contributed by atoms with Crippen molar-refractivity contribution in [3.05, 3.63) is 36.3 Å². The number of carboxylic acid groups (broad SMARTS) is 1. The summed E-state index contributed by atoms with van der Waals surface area (Å²) in [6.45, 7) is 3.58. The number of nitrogens with one attached hydrogen (secondary N) is 1. The molecular weight excluding hydrogens is 436 g/mol. The number of nitrogens with zero attached hydrogens (tertiary/aromatic N) is 3. The second-order valence-electron chi connectivity index (χ2n) is 7.58. The molecule has 0 radical (unpaired) electrons. The molecule has 0 atom stereocenters. The number of thiazole rings is 1. The van der Waals surface area contributed by atoms with Crippen molar-refractivity contribution in [2.45, 2.75) is 49.5 Å². The summed E-state index contributed by atoms with van der Waals surface area (Å²) in [6.07, 6.45) is 7.50. The van der Waals surface area contributed by atoms with E-state index in [0.29, 0.717) is 30.8 Å². The largest absolute Gasteiger partial charge is 0.481 e. The Kier molecular flexibility index (Phi) is 9.11. The normalized spacial score (nSPS) is 18.5. The molecule has 0 bridgehead atoms. The molecule has 0 aliphatic heterocycles. The van der Waals surface area contributed by atoms with Crippen LogP contribution in [-0.2, 0) is 16.1 Å². The van der Waals surface area contributed by atoms with Gasteiger partial charge in [-0.3, -0.25) is 15.1 Å². The molecule has 0 spiro atoms. The fourth-order valence-electron chi connectivity index (χ4n) is 3.51. The molecular formula is C21H28N4O4S2. The molecule has 2 N–H and O–H groups in total. The van der Waals surface area contributed by atoms with E-state index in [1.165, 1.54) is 23.1 Å². The van der Waals surface area contributed by atoms with Crippen molar-refractivity contribution in [1.29, 1.82) is 0 Å². The Morgan fingerprint density at radius 2 is 2.10 bits per heavy atom. The number of carbonyl (C=O) groups excluding carboxylic acids is 1. The summed E-state index contributed by atoms with van der Waals surface area (Å²) in [5.41, 5.74) is 0.860. The molecule has 1 saturated carbocycles. The Labute approximate surface area is 190 Å². The molecule has 168 valence electrons. The van der Waals surface area contributed by atoms with Crippen LogP contribution in [0.1, 0.15) is 38.3 Å². The molecule has 2 aromatic heterocycles. The number of carbonyl (C=O) groups is 2. The monoisotopic (exact) mass is 464 g/mol. The van der Waals surface area contributed by atoms with Gasteiger partial charge >= 0.3 is 12.0 Å². The molecule has 2 amide bonds. The first-order valence-corrected chi connectivity index (χ1v) is 12.2. The van der Waals surface area contributed by atoms with Crippen molar-refractivity contribution in [3.8, 4) is 0 Å². The molecule has 31 heavy (non-hydrogen) atoms. The number of aromatic nitrogens is 2. The molecule has 3 rings (SSSR count). The highest BCUT2D eigenvalue weighted by Gasteiger charge is 2.28. The van der Waals surface area contributed by atoms with Crippen LogP contribution in [0.25, 0.3) is 0 Å². The van der Waals surface area contributed by atoms with Gasteiger partial charge < -0.3 is 14.7 Å². The van der Waals surface area contributed by atoms with Crippen molar-refractivity contribution in [2.24, 2.45) is 5.92 Å². The van der Waals surface area contributed by atoms with E-state index in [1.807, 2.05) is 23.1 Å². The fourth-order valence-corrected chi connectivity index (χ4v) is 5.09. The van der Waals surface area contributed by atoms with Gasteiger partial charge in [-0.1, -0.05) is 24.3 Å². The number of hydrogen-bond donors (Lipinski definition) is 2. The summed E-state index contributed by atoms with van der Waals surface area (Å²) in [5, 5.41) is 12.2. The van der Waals surface area contributed by atoms with Gasteiger partial charge in [-0.25, -0.2) is 9.78 Å². The van der Waals surface area contributed by atoms with E-state index in [4.69, 9.17) is 9.84 Å². The summed E-state index contributed by atoms with van der Waals surface area (Å²) in [5.74, 6) is -0.225. The number of hydrogen-bond acceptors (Lipinski definition) is 7. The zero-order valence-corrected chi connectivity index (χ0v) is 19.2. The first-order chi connectivity index (χ1) is 15.0. The van der Waals surface area contributed by atoms with Crippen molar-refractivity contribution in [1.82, 2.24) is 14.9 Å². The lowest BCUT2D eigenvalue weighted by molar-refractivity contribution is -0.133. The number of urea groups is 1. The number of thioether (sulfide) groups is 1. The Bertz CT molecular complexity index is 841. The second kappa shape index (κ2) is 12.0. The quantitative estimate of drug-likeness (QED) is 0.398. The number of anilines is 1. The van der Waals surface area contributed by atoms with E-state index >= 15 is 0 Å². The third-order valence-corrected chi connectivity index (χ3v) is 7.27. The Balaban J connectivity index is 1.56. The van der Waals surface area contributed by atoms with Crippen LogP contribution in [0.3, 0.4) is 0 Å². The molecule has 1 aliphatic rings. The van der Waals surface area contributed by atoms with Crippen LogP contribution in [-0.4, -0.2) is 56.9 Å². The van der Waals surface area contributed by atoms with Gasteiger partial charge in [0.05, 0.1) is 35.1 Å². The van der Waals surface area contributed by atoms with Gasteiger partial charge in [-0.2, -0.15) is 0 Å². The number of rotatable bonds is 10. The van der Waals surface area contributed by atoms with Gasteiger partial charge in [0.15, 0.2) is 5.13 Å². The molecule has 2 heterocycles. The lowest BCUT2D eigenvalue weighted by Gasteiger charge is -2.36.